The van der Waals surface area contributed by atoms with Crippen molar-refractivity contribution in [2.24, 2.45) is 0 Å². The van der Waals surface area contributed by atoms with Gasteiger partial charge in [-0.05, 0) is 30.4 Å². The zero-order valence-electron chi connectivity index (χ0n) is 10.4. The van der Waals surface area contributed by atoms with Gasteiger partial charge in [0.1, 0.15) is 0 Å². The van der Waals surface area contributed by atoms with Gasteiger partial charge < -0.3 is 5.32 Å². The maximum Gasteiger partial charge on any atom is 0.234 e. The summed E-state index contributed by atoms with van der Waals surface area (Å²) in [4.78, 5) is 11.8. The van der Waals surface area contributed by atoms with E-state index in [0.29, 0.717) is 6.54 Å². The van der Waals surface area contributed by atoms with Crippen LogP contribution < -0.4 is 10.6 Å². The molecular weight excluding hydrogens is 224 g/mol. The summed E-state index contributed by atoms with van der Waals surface area (Å²) in [5.74, 6) is 2.46. The van der Waals surface area contributed by atoms with Crippen molar-refractivity contribution in [2.75, 3.05) is 13.1 Å². The Morgan fingerprint density at radius 3 is 3.11 bits per heavy atom. The highest BCUT2D eigenvalue weighted by Gasteiger charge is 2.20. The molecule has 1 aliphatic carbocycles. The molecular formula is C15H18N2O. The molecule has 0 radical (unpaired) electrons. The molecule has 0 spiro atoms. The summed E-state index contributed by atoms with van der Waals surface area (Å²) in [5, 5.41) is 5.96. The smallest absolute Gasteiger partial charge is 0.234 e. The zero-order chi connectivity index (χ0) is 12.8. The molecule has 0 fully saturated rings. The molecule has 2 rings (SSSR count). The monoisotopic (exact) mass is 242 g/mol. The van der Waals surface area contributed by atoms with E-state index in [1.165, 1.54) is 11.1 Å². The Labute approximate surface area is 108 Å². The summed E-state index contributed by atoms with van der Waals surface area (Å²) >= 11 is 0. The van der Waals surface area contributed by atoms with Crippen LogP contribution in [0.2, 0.25) is 0 Å². The number of hydrogen-bond donors (Lipinski definition) is 2. The molecule has 18 heavy (non-hydrogen) atoms. The van der Waals surface area contributed by atoms with Gasteiger partial charge in [0.15, 0.2) is 0 Å². The molecule has 1 unspecified atom stereocenters. The average Bonchev–Trinajstić information content (AvgIpc) is 2.39. The highest BCUT2D eigenvalue weighted by Crippen LogP contribution is 2.29. The molecule has 0 saturated heterocycles. The van der Waals surface area contributed by atoms with Crippen LogP contribution >= 0.6 is 0 Å². The summed E-state index contributed by atoms with van der Waals surface area (Å²) in [6, 6.07) is 8.48. The molecule has 0 aliphatic heterocycles. The first kappa shape index (κ1) is 12.7. The van der Waals surface area contributed by atoms with Crippen LogP contribution in [0, 0.1) is 12.3 Å². The third-order valence-corrected chi connectivity index (χ3v) is 3.22. The van der Waals surface area contributed by atoms with E-state index in [2.05, 4.69) is 34.8 Å². The van der Waals surface area contributed by atoms with Gasteiger partial charge >= 0.3 is 0 Å². The highest BCUT2D eigenvalue weighted by atomic mass is 16.1. The Kier molecular flexibility index (Phi) is 4.38. The standard InChI is InChI=1S/C15H18N2O/c1-2-10-16-11-15(18)17-14-9-5-7-12-6-3-4-8-13(12)14/h1,3-4,6,8,14,16H,5,7,9-11H2,(H,17,18). The molecule has 1 aromatic rings. The first-order valence-electron chi connectivity index (χ1n) is 6.32. The second-order valence-electron chi connectivity index (χ2n) is 4.52. The molecule has 3 nitrogen and oxygen atoms in total. The van der Waals surface area contributed by atoms with Crippen molar-refractivity contribution in [1.29, 1.82) is 0 Å². The summed E-state index contributed by atoms with van der Waals surface area (Å²) in [6.07, 6.45) is 8.36. The van der Waals surface area contributed by atoms with Crippen LogP contribution in [0.4, 0.5) is 0 Å². The van der Waals surface area contributed by atoms with E-state index in [1.54, 1.807) is 0 Å². The minimum atomic E-state index is 0.00644. The maximum atomic E-state index is 11.8. The van der Waals surface area contributed by atoms with Crippen LogP contribution in [0.3, 0.4) is 0 Å². The molecule has 0 aromatic heterocycles. The molecule has 0 bridgehead atoms. The summed E-state index contributed by atoms with van der Waals surface area (Å²) in [5.41, 5.74) is 2.61. The SMILES string of the molecule is C#CCNCC(=O)NC1CCCc2ccccc21. The van der Waals surface area contributed by atoms with E-state index >= 15 is 0 Å². The fourth-order valence-corrected chi connectivity index (χ4v) is 2.40. The third-order valence-electron chi connectivity index (χ3n) is 3.22. The Balaban J connectivity index is 1.95. The predicted molar refractivity (Wildman–Crippen MR) is 72.0 cm³/mol. The number of rotatable bonds is 4. The van der Waals surface area contributed by atoms with E-state index in [0.717, 1.165) is 19.3 Å². The minimum absolute atomic E-state index is 0.00644. The van der Waals surface area contributed by atoms with Crippen molar-refractivity contribution in [2.45, 2.75) is 25.3 Å². The van der Waals surface area contributed by atoms with Gasteiger partial charge in [0.05, 0.1) is 19.1 Å². The van der Waals surface area contributed by atoms with Gasteiger partial charge in [0, 0.05) is 0 Å². The lowest BCUT2D eigenvalue weighted by Gasteiger charge is -2.26. The first-order valence-corrected chi connectivity index (χ1v) is 6.32. The van der Waals surface area contributed by atoms with E-state index < -0.39 is 0 Å². The molecule has 1 aromatic carbocycles. The Bertz CT molecular complexity index is 462. The van der Waals surface area contributed by atoms with Crippen molar-refractivity contribution in [3.63, 3.8) is 0 Å². The molecule has 3 heteroatoms. The number of hydrogen-bond acceptors (Lipinski definition) is 2. The van der Waals surface area contributed by atoms with Crippen LogP contribution in [-0.2, 0) is 11.2 Å². The molecule has 2 N–H and O–H groups in total. The van der Waals surface area contributed by atoms with Gasteiger partial charge in [-0.25, -0.2) is 0 Å². The minimum Gasteiger partial charge on any atom is -0.348 e. The van der Waals surface area contributed by atoms with Crippen LogP contribution in [0.5, 0.6) is 0 Å². The van der Waals surface area contributed by atoms with E-state index in [4.69, 9.17) is 6.42 Å². The van der Waals surface area contributed by atoms with E-state index in [1.807, 2.05) is 6.07 Å². The number of nitrogens with one attached hydrogen (secondary N) is 2. The zero-order valence-corrected chi connectivity index (χ0v) is 10.4. The third kappa shape index (κ3) is 3.12. The number of amides is 1. The van der Waals surface area contributed by atoms with Crippen LogP contribution in [-0.4, -0.2) is 19.0 Å². The molecule has 1 amide bonds. The van der Waals surface area contributed by atoms with Gasteiger partial charge in [0.25, 0.3) is 0 Å². The van der Waals surface area contributed by atoms with Crippen LogP contribution in [0.15, 0.2) is 24.3 Å². The van der Waals surface area contributed by atoms with Gasteiger partial charge in [-0.2, -0.15) is 0 Å². The summed E-state index contributed by atoms with van der Waals surface area (Å²) in [7, 11) is 0. The lowest BCUT2D eigenvalue weighted by Crippen LogP contribution is -2.37. The van der Waals surface area contributed by atoms with Gasteiger partial charge in [-0.15, -0.1) is 6.42 Å². The van der Waals surface area contributed by atoms with Gasteiger partial charge in [-0.1, -0.05) is 30.2 Å². The molecule has 94 valence electrons. The number of carbonyl (C=O) groups is 1. The fraction of sp³-hybridized carbons (Fsp3) is 0.400. The normalized spacial score (nSPS) is 17.6. The Hall–Kier alpha value is -1.79. The molecule has 1 aliphatic rings. The van der Waals surface area contributed by atoms with Crippen molar-refractivity contribution < 1.29 is 4.79 Å². The Morgan fingerprint density at radius 1 is 1.44 bits per heavy atom. The predicted octanol–water partition coefficient (Wildman–Crippen LogP) is 1.40. The topological polar surface area (TPSA) is 41.1 Å². The molecule has 0 saturated carbocycles. The number of fused-ring (bicyclic) bond motifs is 1. The summed E-state index contributed by atoms with van der Waals surface area (Å²) in [6.45, 7) is 0.706. The second-order valence-corrected chi connectivity index (χ2v) is 4.52. The largest absolute Gasteiger partial charge is 0.348 e. The van der Waals surface area contributed by atoms with Crippen molar-refractivity contribution in [3.8, 4) is 12.3 Å². The quantitative estimate of drug-likeness (QED) is 0.619. The molecule has 0 heterocycles. The van der Waals surface area contributed by atoms with Crippen molar-refractivity contribution in [3.05, 3.63) is 35.4 Å². The fourth-order valence-electron chi connectivity index (χ4n) is 2.40. The van der Waals surface area contributed by atoms with Crippen LogP contribution in [0.25, 0.3) is 0 Å². The number of terminal acetylenes is 1. The molecule has 1 atom stereocenters. The highest BCUT2D eigenvalue weighted by molar-refractivity contribution is 5.78. The second kappa shape index (κ2) is 6.23. The van der Waals surface area contributed by atoms with Crippen LogP contribution in [0.1, 0.15) is 30.0 Å². The van der Waals surface area contributed by atoms with Gasteiger partial charge in [0.2, 0.25) is 5.91 Å². The lowest BCUT2D eigenvalue weighted by molar-refractivity contribution is -0.121. The summed E-state index contributed by atoms with van der Waals surface area (Å²) < 4.78 is 0. The van der Waals surface area contributed by atoms with E-state index in [9.17, 15) is 4.79 Å². The average molecular weight is 242 g/mol. The van der Waals surface area contributed by atoms with Crippen molar-refractivity contribution in [1.82, 2.24) is 10.6 Å². The van der Waals surface area contributed by atoms with Gasteiger partial charge in [-0.3, -0.25) is 10.1 Å². The lowest BCUT2D eigenvalue weighted by atomic mass is 9.88. The number of aryl methyl sites for hydroxylation is 1. The van der Waals surface area contributed by atoms with E-state index in [-0.39, 0.29) is 18.5 Å². The number of carbonyl (C=O) groups excluding carboxylic acids is 1. The first-order chi connectivity index (χ1) is 8.81. The maximum absolute atomic E-state index is 11.8. The Morgan fingerprint density at radius 2 is 2.28 bits per heavy atom. The number of benzene rings is 1. The van der Waals surface area contributed by atoms with Crippen molar-refractivity contribution >= 4 is 5.91 Å².